The molecule has 282 valence electrons. The predicted molar refractivity (Wildman–Crippen MR) is 198 cm³/mol. The number of urea groups is 1. The lowest BCUT2D eigenvalue weighted by atomic mass is 9.94. The minimum atomic E-state index is -1.24. The molecule has 4 aliphatic heterocycles. The Morgan fingerprint density at radius 1 is 0.926 bits per heavy atom. The number of nitrogens with zero attached hydrogens (tertiary/aromatic N) is 7. The molecule has 0 spiro atoms. The van der Waals surface area contributed by atoms with Crippen LogP contribution < -0.4 is 19.4 Å². The first kappa shape index (κ1) is 35.6. The molecule has 5 heterocycles. The molecule has 12 nitrogen and oxygen atoms in total. The number of halogens is 2. The van der Waals surface area contributed by atoms with Gasteiger partial charge in [-0.15, -0.1) is 0 Å². The van der Waals surface area contributed by atoms with Gasteiger partial charge in [0.2, 0.25) is 0 Å². The van der Waals surface area contributed by atoms with Gasteiger partial charge in [-0.05, 0) is 80.6 Å². The standard InChI is InChI=1S/C40H43F2N7O5/c1-28(2)49-36(37-5-3-4-20-51-37)22-48(39(49)50)32-9-7-30(8-10-32)45-16-18-46(19-17-45)31-11-13-33(14-12-31)52-23-38-53-25-40(54-38,24-47-27-43-26-44-47)34-15-6-29(41)21-35(34)42/h3-15,20-21,26-28,36-38H,16-19,22-25H2,1-2H3/t36?,37?,38-,40+/m0/s1. The van der Waals surface area contributed by atoms with Crippen LogP contribution in [0.2, 0.25) is 0 Å². The number of hydrogen-bond acceptors (Lipinski definition) is 9. The molecular formula is C40H43F2N7O5. The van der Waals surface area contributed by atoms with Crippen LogP contribution in [-0.2, 0) is 26.4 Å². The zero-order valence-electron chi connectivity index (χ0n) is 30.2. The highest BCUT2D eigenvalue weighted by Crippen LogP contribution is 2.38. The SMILES string of the molecule is CC(C)N1C(=O)N(c2ccc(N3CCN(c4ccc(OC[C@H]5OC[C@](Cn6cncn6)(c6ccc(F)cc6F)O5)cc4)CC3)cc2)CC1C1C=CC=CO1. The van der Waals surface area contributed by atoms with Crippen molar-refractivity contribution in [3.63, 3.8) is 0 Å². The molecule has 14 heteroatoms. The molecule has 8 rings (SSSR count). The Kier molecular flexibility index (Phi) is 9.95. The number of benzene rings is 3. The molecule has 3 saturated heterocycles. The maximum Gasteiger partial charge on any atom is 0.325 e. The second-order valence-corrected chi connectivity index (χ2v) is 14.1. The van der Waals surface area contributed by atoms with Crippen molar-refractivity contribution in [2.24, 2.45) is 0 Å². The number of rotatable bonds is 11. The third kappa shape index (κ3) is 7.23. The third-order valence-electron chi connectivity index (χ3n) is 10.4. The molecule has 0 bridgehead atoms. The van der Waals surface area contributed by atoms with E-state index in [1.54, 1.807) is 6.26 Å². The number of hydrogen-bond donors (Lipinski definition) is 0. The Morgan fingerprint density at radius 2 is 1.63 bits per heavy atom. The number of allylic oxidation sites excluding steroid dienone is 2. The van der Waals surface area contributed by atoms with Crippen molar-refractivity contribution < 1.29 is 32.5 Å². The van der Waals surface area contributed by atoms with Gasteiger partial charge in [0.05, 0.1) is 32.0 Å². The van der Waals surface area contributed by atoms with Crippen molar-refractivity contribution in [3.05, 3.63) is 121 Å². The average molecular weight is 740 g/mol. The summed E-state index contributed by atoms with van der Waals surface area (Å²) in [5.74, 6) is -0.753. The summed E-state index contributed by atoms with van der Waals surface area (Å²) in [6.45, 7) is 8.27. The van der Waals surface area contributed by atoms with E-state index in [9.17, 15) is 13.6 Å². The molecule has 0 N–H and O–H groups in total. The fourth-order valence-corrected chi connectivity index (χ4v) is 7.69. The molecule has 54 heavy (non-hydrogen) atoms. The van der Waals surface area contributed by atoms with Gasteiger partial charge in [0, 0.05) is 60.9 Å². The predicted octanol–water partition coefficient (Wildman–Crippen LogP) is 5.72. The van der Waals surface area contributed by atoms with Crippen LogP contribution in [-0.4, -0.2) is 96.1 Å². The van der Waals surface area contributed by atoms with Gasteiger partial charge >= 0.3 is 6.03 Å². The van der Waals surface area contributed by atoms with Gasteiger partial charge < -0.3 is 33.6 Å². The normalized spacial score (nSPS) is 24.2. The van der Waals surface area contributed by atoms with Gasteiger partial charge in [0.25, 0.3) is 0 Å². The number of amides is 2. The van der Waals surface area contributed by atoms with Crippen molar-refractivity contribution in [2.45, 2.75) is 50.5 Å². The first-order valence-electron chi connectivity index (χ1n) is 18.3. The summed E-state index contributed by atoms with van der Waals surface area (Å²) in [6.07, 6.45) is 9.47. The van der Waals surface area contributed by atoms with Crippen LogP contribution >= 0.6 is 0 Å². The first-order chi connectivity index (χ1) is 26.3. The zero-order chi connectivity index (χ0) is 37.2. The van der Waals surface area contributed by atoms with E-state index in [0.29, 0.717) is 12.3 Å². The van der Waals surface area contributed by atoms with Crippen molar-refractivity contribution in [3.8, 4) is 5.75 Å². The van der Waals surface area contributed by atoms with Gasteiger partial charge in [0.15, 0.2) is 6.29 Å². The van der Waals surface area contributed by atoms with Crippen LogP contribution in [0.5, 0.6) is 5.75 Å². The summed E-state index contributed by atoms with van der Waals surface area (Å²) in [5.41, 5.74) is 2.04. The van der Waals surface area contributed by atoms with Gasteiger partial charge in [-0.1, -0.05) is 12.1 Å². The van der Waals surface area contributed by atoms with Gasteiger partial charge in [-0.25, -0.2) is 23.2 Å². The van der Waals surface area contributed by atoms with E-state index in [2.05, 4.69) is 32.0 Å². The molecule has 0 radical (unpaired) electrons. The van der Waals surface area contributed by atoms with Crippen LogP contribution in [0.4, 0.5) is 30.6 Å². The molecule has 4 aromatic rings. The molecule has 3 fully saturated rings. The van der Waals surface area contributed by atoms with Crippen molar-refractivity contribution in [2.75, 3.05) is 60.6 Å². The summed E-state index contributed by atoms with van der Waals surface area (Å²) in [7, 11) is 0. The van der Waals surface area contributed by atoms with Crippen LogP contribution in [0.1, 0.15) is 19.4 Å². The lowest BCUT2D eigenvalue weighted by Crippen LogP contribution is -2.46. The monoisotopic (exact) mass is 739 g/mol. The van der Waals surface area contributed by atoms with Crippen LogP contribution in [0, 0.1) is 11.6 Å². The Hall–Kier alpha value is -5.47. The lowest BCUT2D eigenvalue weighted by Gasteiger charge is -2.37. The van der Waals surface area contributed by atoms with Gasteiger partial charge in [0.1, 0.15) is 48.4 Å². The number of carbonyl (C=O) groups is 1. The molecule has 2 amide bonds. The average Bonchev–Trinajstić information content (AvgIpc) is 3.94. The highest BCUT2D eigenvalue weighted by molar-refractivity contribution is 5.95. The van der Waals surface area contributed by atoms with Crippen molar-refractivity contribution in [1.29, 1.82) is 0 Å². The maximum absolute atomic E-state index is 14.9. The van der Waals surface area contributed by atoms with E-state index in [0.717, 1.165) is 49.3 Å². The Balaban J connectivity index is 0.839. The van der Waals surface area contributed by atoms with Crippen molar-refractivity contribution >= 4 is 23.1 Å². The Bertz CT molecular complexity index is 1970. The quantitative estimate of drug-likeness (QED) is 0.192. The topological polar surface area (TPSA) is 97.7 Å². The maximum atomic E-state index is 14.9. The third-order valence-corrected chi connectivity index (χ3v) is 10.4. The molecule has 3 aromatic carbocycles. The van der Waals surface area contributed by atoms with E-state index < -0.39 is 23.5 Å². The number of anilines is 3. The summed E-state index contributed by atoms with van der Waals surface area (Å²) >= 11 is 0. The van der Waals surface area contributed by atoms with Gasteiger partial charge in [-0.2, -0.15) is 5.10 Å². The molecular weight excluding hydrogens is 696 g/mol. The summed E-state index contributed by atoms with van der Waals surface area (Å²) < 4.78 is 54.2. The zero-order valence-corrected chi connectivity index (χ0v) is 30.2. The number of aromatic nitrogens is 3. The Morgan fingerprint density at radius 3 is 2.26 bits per heavy atom. The molecule has 1 aromatic heterocycles. The highest BCUT2D eigenvalue weighted by Gasteiger charge is 2.46. The second-order valence-electron chi connectivity index (χ2n) is 14.1. The minimum Gasteiger partial charge on any atom is -0.492 e. The summed E-state index contributed by atoms with van der Waals surface area (Å²) in [4.78, 5) is 26.0. The van der Waals surface area contributed by atoms with Crippen LogP contribution in [0.3, 0.4) is 0 Å². The molecule has 4 aliphatic rings. The fraction of sp³-hybridized carbons (Fsp3) is 0.375. The fourth-order valence-electron chi connectivity index (χ4n) is 7.69. The molecule has 0 saturated carbocycles. The van der Waals surface area contributed by atoms with Crippen molar-refractivity contribution in [1.82, 2.24) is 19.7 Å². The van der Waals surface area contributed by atoms with Crippen LogP contribution in [0.15, 0.2) is 104 Å². The first-order valence-corrected chi connectivity index (χ1v) is 18.3. The minimum absolute atomic E-state index is 0.000474. The largest absolute Gasteiger partial charge is 0.492 e. The molecule has 4 atom stereocenters. The van der Waals surface area contributed by atoms with E-state index in [-0.39, 0.29) is 49.5 Å². The van der Waals surface area contributed by atoms with E-state index in [4.69, 9.17) is 18.9 Å². The highest BCUT2D eigenvalue weighted by atomic mass is 19.1. The van der Waals surface area contributed by atoms with E-state index >= 15 is 0 Å². The number of ether oxygens (including phenoxy) is 4. The van der Waals surface area contributed by atoms with Crippen LogP contribution in [0.25, 0.3) is 0 Å². The number of carbonyl (C=O) groups excluding carboxylic acids is 1. The van der Waals surface area contributed by atoms with Gasteiger partial charge in [-0.3, -0.25) is 4.90 Å². The smallest absolute Gasteiger partial charge is 0.325 e. The van der Waals surface area contributed by atoms with E-state index in [1.807, 2.05) is 78.3 Å². The lowest BCUT2D eigenvalue weighted by molar-refractivity contribution is -0.117. The second kappa shape index (κ2) is 15.1. The molecule has 0 aliphatic carbocycles. The summed E-state index contributed by atoms with van der Waals surface area (Å²) in [6, 6.07) is 19.6. The number of piperazine rings is 1. The molecule has 2 unspecified atom stereocenters. The summed E-state index contributed by atoms with van der Waals surface area (Å²) in [5, 5.41) is 4.14. The Labute approximate surface area is 312 Å². The van der Waals surface area contributed by atoms with E-state index in [1.165, 1.54) is 29.5 Å².